The van der Waals surface area contributed by atoms with Crippen molar-refractivity contribution in [3.05, 3.63) is 35.6 Å². The molecule has 1 aromatic carbocycles. The van der Waals surface area contributed by atoms with E-state index in [1.807, 2.05) is 12.1 Å². The Morgan fingerprint density at radius 2 is 2.00 bits per heavy atom. The van der Waals surface area contributed by atoms with Gasteiger partial charge in [-0.15, -0.1) is 0 Å². The Morgan fingerprint density at radius 1 is 1.33 bits per heavy atom. The van der Waals surface area contributed by atoms with Crippen LogP contribution in [0.15, 0.2) is 24.3 Å². The molecular weight excluding hydrogens is 233 g/mol. The highest BCUT2D eigenvalue weighted by Crippen LogP contribution is 2.29. The third-order valence-corrected chi connectivity index (χ3v) is 3.57. The molecule has 0 aliphatic carbocycles. The number of halogens is 1. The van der Waals surface area contributed by atoms with E-state index in [0.29, 0.717) is 6.54 Å². The average molecular weight is 251 g/mol. The highest BCUT2D eigenvalue weighted by Gasteiger charge is 2.22. The van der Waals surface area contributed by atoms with Crippen molar-refractivity contribution in [2.24, 2.45) is 0 Å². The number of carboxylic acids is 1. The zero-order valence-corrected chi connectivity index (χ0v) is 10.3. The third kappa shape index (κ3) is 3.29. The molecule has 98 valence electrons. The zero-order chi connectivity index (χ0) is 13.0. The molecule has 1 heterocycles. The van der Waals surface area contributed by atoms with E-state index in [-0.39, 0.29) is 18.2 Å². The molecule has 1 aliphatic rings. The van der Waals surface area contributed by atoms with Gasteiger partial charge in [-0.2, -0.15) is 0 Å². The van der Waals surface area contributed by atoms with Crippen LogP contribution in [0, 0.1) is 5.82 Å². The number of carboxylic acid groups (broad SMARTS) is 1. The first-order valence-electron chi connectivity index (χ1n) is 6.35. The third-order valence-electron chi connectivity index (χ3n) is 3.57. The maximum Gasteiger partial charge on any atom is 0.304 e. The van der Waals surface area contributed by atoms with E-state index in [1.165, 1.54) is 6.07 Å². The van der Waals surface area contributed by atoms with Gasteiger partial charge in [0.1, 0.15) is 5.82 Å². The summed E-state index contributed by atoms with van der Waals surface area (Å²) in [6.45, 7) is 2.30. The smallest absolute Gasteiger partial charge is 0.304 e. The van der Waals surface area contributed by atoms with E-state index < -0.39 is 5.97 Å². The van der Waals surface area contributed by atoms with Gasteiger partial charge in [0.2, 0.25) is 0 Å². The van der Waals surface area contributed by atoms with Crippen molar-refractivity contribution in [2.75, 3.05) is 19.6 Å². The molecule has 1 N–H and O–H groups in total. The minimum Gasteiger partial charge on any atom is -0.481 e. The summed E-state index contributed by atoms with van der Waals surface area (Å²) < 4.78 is 13.6. The van der Waals surface area contributed by atoms with E-state index in [4.69, 9.17) is 5.11 Å². The lowest BCUT2D eigenvalue weighted by Gasteiger charge is -2.31. The van der Waals surface area contributed by atoms with E-state index in [9.17, 15) is 9.18 Å². The van der Waals surface area contributed by atoms with Crippen molar-refractivity contribution in [1.29, 1.82) is 0 Å². The van der Waals surface area contributed by atoms with Crippen LogP contribution in [0.1, 0.15) is 30.7 Å². The summed E-state index contributed by atoms with van der Waals surface area (Å²) in [6.07, 6.45) is 1.99. The van der Waals surface area contributed by atoms with Crippen molar-refractivity contribution >= 4 is 5.97 Å². The predicted molar refractivity (Wildman–Crippen MR) is 67.1 cm³/mol. The van der Waals surface area contributed by atoms with Gasteiger partial charge in [-0.1, -0.05) is 18.2 Å². The lowest BCUT2D eigenvalue weighted by molar-refractivity contribution is -0.137. The number of benzene rings is 1. The van der Waals surface area contributed by atoms with Crippen LogP contribution < -0.4 is 0 Å². The van der Waals surface area contributed by atoms with Gasteiger partial charge in [0.05, 0.1) is 6.42 Å². The second kappa shape index (κ2) is 5.96. The largest absolute Gasteiger partial charge is 0.481 e. The quantitative estimate of drug-likeness (QED) is 0.893. The Labute approximate surface area is 106 Å². The highest BCUT2D eigenvalue weighted by molar-refractivity contribution is 5.66. The number of hydrogen-bond donors (Lipinski definition) is 1. The van der Waals surface area contributed by atoms with Crippen molar-refractivity contribution in [2.45, 2.75) is 25.2 Å². The van der Waals surface area contributed by atoms with Gasteiger partial charge in [0, 0.05) is 6.54 Å². The van der Waals surface area contributed by atoms with Gasteiger partial charge >= 0.3 is 5.97 Å². The SMILES string of the molecule is O=C(O)CCN1CCC(c2ccccc2F)CC1. The molecule has 0 saturated carbocycles. The normalized spacial score (nSPS) is 17.8. The lowest BCUT2D eigenvalue weighted by atomic mass is 9.89. The molecule has 0 unspecified atom stereocenters. The minimum absolute atomic E-state index is 0.124. The van der Waals surface area contributed by atoms with Crippen LogP contribution >= 0.6 is 0 Å². The van der Waals surface area contributed by atoms with Crippen molar-refractivity contribution in [3.8, 4) is 0 Å². The monoisotopic (exact) mass is 251 g/mol. The van der Waals surface area contributed by atoms with Crippen LogP contribution in [0.4, 0.5) is 4.39 Å². The van der Waals surface area contributed by atoms with Crippen molar-refractivity contribution < 1.29 is 14.3 Å². The summed E-state index contributed by atoms with van der Waals surface area (Å²) in [4.78, 5) is 12.6. The minimum atomic E-state index is -0.758. The maximum atomic E-state index is 13.6. The van der Waals surface area contributed by atoms with Crippen molar-refractivity contribution in [1.82, 2.24) is 4.90 Å². The number of nitrogens with zero attached hydrogens (tertiary/aromatic N) is 1. The number of hydrogen-bond acceptors (Lipinski definition) is 2. The molecule has 2 rings (SSSR count). The summed E-state index contributed by atoms with van der Waals surface area (Å²) >= 11 is 0. The van der Waals surface area contributed by atoms with Gasteiger partial charge < -0.3 is 10.0 Å². The number of aliphatic carboxylic acids is 1. The Kier molecular flexibility index (Phi) is 4.31. The molecule has 4 heteroatoms. The lowest BCUT2D eigenvalue weighted by Crippen LogP contribution is -2.34. The van der Waals surface area contributed by atoms with Gasteiger partial charge in [-0.05, 0) is 43.5 Å². The molecule has 1 saturated heterocycles. The second-order valence-corrected chi connectivity index (χ2v) is 4.78. The van der Waals surface area contributed by atoms with Crippen LogP contribution in [0.2, 0.25) is 0 Å². The Balaban J connectivity index is 1.87. The zero-order valence-electron chi connectivity index (χ0n) is 10.3. The first-order valence-corrected chi connectivity index (χ1v) is 6.35. The van der Waals surface area contributed by atoms with Crippen LogP contribution in [0.5, 0.6) is 0 Å². The van der Waals surface area contributed by atoms with Gasteiger partial charge in [-0.25, -0.2) is 4.39 Å². The first-order chi connectivity index (χ1) is 8.66. The fraction of sp³-hybridized carbons (Fsp3) is 0.500. The molecule has 0 radical (unpaired) electrons. The molecule has 0 atom stereocenters. The molecule has 3 nitrogen and oxygen atoms in total. The van der Waals surface area contributed by atoms with Gasteiger partial charge in [0.25, 0.3) is 0 Å². The summed E-state index contributed by atoms with van der Waals surface area (Å²) in [5.41, 5.74) is 0.801. The van der Waals surface area contributed by atoms with E-state index >= 15 is 0 Å². The van der Waals surface area contributed by atoms with Crippen LogP contribution in [-0.4, -0.2) is 35.6 Å². The molecule has 0 aromatic heterocycles. The summed E-state index contributed by atoms with van der Waals surface area (Å²) in [5, 5.41) is 8.63. The number of carbonyl (C=O) groups is 1. The number of likely N-dealkylation sites (tertiary alicyclic amines) is 1. The fourth-order valence-electron chi connectivity index (χ4n) is 2.53. The van der Waals surface area contributed by atoms with E-state index in [1.54, 1.807) is 6.07 Å². The summed E-state index contributed by atoms with van der Waals surface area (Å²) in [6, 6.07) is 6.94. The highest BCUT2D eigenvalue weighted by atomic mass is 19.1. The van der Waals surface area contributed by atoms with Crippen LogP contribution in [-0.2, 0) is 4.79 Å². The van der Waals surface area contributed by atoms with E-state index in [2.05, 4.69) is 4.90 Å². The van der Waals surface area contributed by atoms with Crippen LogP contribution in [0.3, 0.4) is 0 Å². The average Bonchev–Trinajstić information content (AvgIpc) is 2.38. The summed E-state index contributed by atoms with van der Waals surface area (Å²) in [5.74, 6) is -0.611. The fourth-order valence-corrected chi connectivity index (χ4v) is 2.53. The van der Waals surface area contributed by atoms with E-state index in [0.717, 1.165) is 31.5 Å². The molecular formula is C14H18FNO2. The number of piperidine rings is 1. The van der Waals surface area contributed by atoms with Gasteiger partial charge in [-0.3, -0.25) is 4.79 Å². The maximum absolute atomic E-state index is 13.6. The standard InChI is InChI=1S/C14H18FNO2/c15-13-4-2-1-3-12(13)11-5-8-16(9-6-11)10-7-14(17)18/h1-4,11H,5-10H2,(H,17,18). The Bertz CT molecular complexity index is 414. The predicted octanol–water partition coefficient (Wildman–Crippen LogP) is 2.48. The molecule has 18 heavy (non-hydrogen) atoms. The summed E-state index contributed by atoms with van der Waals surface area (Å²) in [7, 11) is 0. The molecule has 1 fully saturated rings. The van der Waals surface area contributed by atoms with Gasteiger partial charge in [0.15, 0.2) is 0 Å². The van der Waals surface area contributed by atoms with Crippen LogP contribution in [0.25, 0.3) is 0 Å². The van der Waals surface area contributed by atoms with Crippen molar-refractivity contribution in [3.63, 3.8) is 0 Å². The number of rotatable bonds is 4. The Morgan fingerprint density at radius 3 is 2.61 bits per heavy atom. The topological polar surface area (TPSA) is 40.5 Å². The molecule has 0 spiro atoms. The molecule has 1 aliphatic heterocycles. The first kappa shape index (κ1) is 13.0. The molecule has 1 aromatic rings. The molecule has 0 bridgehead atoms. The second-order valence-electron chi connectivity index (χ2n) is 4.78. The Hall–Kier alpha value is -1.42. The molecule has 0 amide bonds.